The third-order valence-electron chi connectivity index (χ3n) is 6.04. The molecule has 0 N–H and O–H groups in total. The maximum atomic E-state index is 13.0. The van der Waals surface area contributed by atoms with Gasteiger partial charge in [-0.15, -0.1) is 0 Å². The van der Waals surface area contributed by atoms with Gasteiger partial charge in [-0.25, -0.2) is 8.51 Å². The Kier molecular flexibility index (Phi) is 9.24. The third-order valence-corrected chi connectivity index (χ3v) is 7.78. The number of amides is 1. The summed E-state index contributed by atoms with van der Waals surface area (Å²) in [6.07, 6.45) is 0.867. The van der Waals surface area contributed by atoms with Gasteiger partial charge < -0.3 is 19.3 Å². The molecule has 0 saturated heterocycles. The molecule has 1 heterocycles. The minimum absolute atomic E-state index is 0.00529. The van der Waals surface area contributed by atoms with Gasteiger partial charge in [0.25, 0.3) is 0 Å². The zero-order valence-corrected chi connectivity index (χ0v) is 22.0. The van der Waals surface area contributed by atoms with E-state index in [-0.39, 0.29) is 12.5 Å². The fourth-order valence-corrected chi connectivity index (χ4v) is 5.49. The topological polar surface area (TPSA) is 62.3 Å². The van der Waals surface area contributed by atoms with Crippen LogP contribution in [0.15, 0.2) is 35.2 Å². The highest BCUT2D eigenvalue weighted by molar-refractivity contribution is 7.82. The molecule has 1 amide bonds. The molecule has 0 radical (unpaired) electrons. The first kappa shape index (κ1) is 26.3. The fraction of sp³-hybridized carbons (Fsp3) is 0.500. The lowest BCUT2D eigenvalue weighted by Gasteiger charge is -2.29. The Balaban J connectivity index is 1.48. The molecule has 7 nitrogen and oxygen atoms in total. The van der Waals surface area contributed by atoms with Crippen molar-refractivity contribution in [3.8, 4) is 5.75 Å². The van der Waals surface area contributed by atoms with E-state index in [2.05, 4.69) is 37.2 Å². The minimum atomic E-state index is -1.31. The minimum Gasteiger partial charge on any atom is -0.497 e. The van der Waals surface area contributed by atoms with E-state index in [1.54, 1.807) is 18.5 Å². The van der Waals surface area contributed by atoms with Crippen molar-refractivity contribution in [3.05, 3.63) is 58.1 Å². The molecule has 1 atom stereocenters. The van der Waals surface area contributed by atoms with Crippen LogP contribution in [0.1, 0.15) is 27.8 Å². The summed E-state index contributed by atoms with van der Waals surface area (Å²) in [5, 5.41) is 0. The monoisotopic (exact) mass is 487 g/mol. The lowest BCUT2D eigenvalue weighted by atomic mass is 9.97. The van der Waals surface area contributed by atoms with Crippen molar-refractivity contribution in [2.45, 2.75) is 38.3 Å². The number of methoxy groups -OCH3 is 1. The highest BCUT2D eigenvalue weighted by Gasteiger charge is 2.22. The van der Waals surface area contributed by atoms with E-state index in [4.69, 9.17) is 9.47 Å². The summed E-state index contributed by atoms with van der Waals surface area (Å²) in [7, 11) is 6.22. The smallest absolute Gasteiger partial charge is 0.248 e. The van der Waals surface area contributed by atoms with E-state index in [0.717, 1.165) is 34.7 Å². The molecular formula is C26H37N3O4S. The molecule has 0 bridgehead atoms. The Hall–Kier alpha value is -2.26. The predicted molar refractivity (Wildman–Crippen MR) is 135 cm³/mol. The molecule has 2 aromatic rings. The van der Waals surface area contributed by atoms with E-state index in [9.17, 15) is 9.00 Å². The Morgan fingerprint density at radius 2 is 1.79 bits per heavy atom. The summed E-state index contributed by atoms with van der Waals surface area (Å²) >= 11 is 0. The number of nitrogens with zero attached hydrogens (tertiary/aromatic N) is 3. The summed E-state index contributed by atoms with van der Waals surface area (Å²) in [4.78, 5) is 17.5. The van der Waals surface area contributed by atoms with E-state index in [1.165, 1.54) is 16.7 Å². The molecular weight excluding hydrogens is 450 g/mol. The van der Waals surface area contributed by atoms with Gasteiger partial charge >= 0.3 is 0 Å². The SMILES string of the molecule is COc1cc(C)c(S(=O)N(C)CCOCC(=O)N2CCc3ccc(CN(C)C)cc3C2)c(C)c1. The van der Waals surface area contributed by atoms with Gasteiger partial charge in [0.15, 0.2) is 0 Å². The second kappa shape index (κ2) is 11.9. The number of hydrogen-bond acceptors (Lipinski definition) is 5. The van der Waals surface area contributed by atoms with Crippen molar-refractivity contribution in [2.24, 2.45) is 0 Å². The van der Waals surface area contributed by atoms with E-state index < -0.39 is 11.0 Å². The maximum absolute atomic E-state index is 13.0. The standard InChI is InChI=1S/C26H37N3O4S/c1-19-13-24(32-6)14-20(2)26(19)34(31)28(5)11-12-33-18-25(30)29-10-9-22-8-7-21(16-27(3)4)15-23(22)17-29/h7-8,13-15H,9-12,16-18H2,1-6H3. The average molecular weight is 488 g/mol. The van der Waals surface area contributed by atoms with Crippen LogP contribution in [0.3, 0.4) is 0 Å². The van der Waals surface area contributed by atoms with Gasteiger partial charge in [0.2, 0.25) is 5.91 Å². The van der Waals surface area contributed by atoms with E-state index in [0.29, 0.717) is 26.2 Å². The van der Waals surface area contributed by atoms with Gasteiger partial charge in [-0.1, -0.05) is 18.2 Å². The molecule has 0 fully saturated rings. The second-order valence-electron chi connectivity index (χ2n) is 9.15. The largest absolute Gasteiger partial charge is 0.497 e. The van der Waals surface area contributed by atoms with Gasteiger partial charge in [-0.05, 0) is 74.3 Å². The maximum Gasteiger partial charge on any atom is 0.248 e. The van der Waals surface area contributed by atoms with Crippen molar-refractivity contribution < 1.29 is 18.5 Å². The second-order valence-corrected chi connectivity index (χ2v) is 10.7. The van der Waals surface area contributed by atoms with Crippen LogP contribution in [-0.4, -0.2) is 78.8 Å². The van der Waals surface area contributed by atoms with Crippen LogP contribution in [0.5, 0.6) is 5.75 Å². The molecule has 0 aliphatic carbocycles. The first-order chi connectivity index (χ1) is 16.2. The molecule has 34 heavy (non-hydrogen) atoms. The molecule has 1 aliphatic rings. The molecule has 2 aromatic carbocycles. The number of carbonyl (C=O) groups is 1. The van der Waals surface area contributed by atoms with Gasteiger partial charge in [-0.3, -0.25) is 4.79 Å². The molecule has 1 aliphatic heterocycles. The van der Waals surface area contributed by atoms with Crippen molar-refractivity contribution in [1.29, 1.82) is 0 Å². The lowest BCUT2D eigenvalue weighted by Crippen LogP contribution is -2.38. The van der Waals surface area contributed by atoms with Gasteiger partial charge in [0, 0.05) is 33.2 Å². The van der Waals surface area contributed by atoms with E-state index >= 15 is 0 Å². The molecule has 0 aromatic heterocycles. The quantitative estimate of drug-likeness (QED) is 0.482. The number of hydrogen-bond donors (Lipinski definition) is 0. The number of ether oxygens (including phenoxy) is 2. The van der Waals surface area contributed by atoms with E-state index in [1.807, 2.05) is 30.9 Å². The van der Waals surface area contributed by atoms with Gasteiger partial charge in [0.1, 0.15) is 23.3 Å². The summed E-state index contributed by atoms with van der Waals surface area (Å²) < 4.78 is 25.7. The zero-order chi connectivity index (χ0) is 24.8. The summed E-state index contributed by atoms with van der Waals surface area (Å²) in [6, 6.07) is 10.4. The van der Waals surface area contributed by atoms with Crippen LogP contribution in [-0.2, 0) is 40.0 Å². The number of likely N-dealkylation sites (N-methyl/N-ethyl adjacent to an activating group) is 1. The third kappa shape index (κ3) is 6.66. The highest BCUT2D eigenvalue weighted by Crippen LogP contribution is 2.25. The van der Waals surface area contributed by atoms with Crippen molar-refractivity contribution >= 4 is 16.9 Å². The first-order valence-electron chi connectivity index (χ1n) is 11.6. The number of rotatable bonds is 10. The summed E-state index contributed by atoms with van der Waals surface area (Å²) in [6.45, 7) is 6.92. The number of aryl methyl sites for hydroxylation is 2. The molecule has 8 heteroatoms. The van der Waals surface area contributed by atoms with Gasteiger partial charge in [0.05, 0.1) is 18.6 Å². The van der Waals surface area contributed by atoms with Crippen LogP contribution in [0, 0.1) is 13.8 Å². The summed E-state index contributed by atoms with van der Waals surface area (Å²) in [5.74, 6) is 0.754. The van der Waals surface area contributed by atoms with Crippen LogP contribution in [0.2, 0.25) is 0 Å². The average Bonchev–Trinajstić information content (AvgIpc) is 2.79. The van der Waals surface area contributed by atoms with Crippen molar-refractivity contribution in [2.75, 3.05) is 54.6 Å². The zero-order valence-electron chi connectivity index (χ0n) is 21.2. The Morgan fingerprint density at radius 3 is 2.44 bits per heavy atom. The summed E-state index contributed by atoms with van der Waals surface area (Å²) in [5.41, 5.74) is 5.65. The van der Waals surface area contributed by atoms with Crippen LogP contribution in [0.25, 0.3) is 0 Å². The van der Waals surface area contributed by atoms with Crippen LogP contribution < -0.4 is 4.74 Å². The Bertz CT molecular complexity index is 1020. The number of carbonyl (C=O) groups excluding carboxylic acids is 1. The highest BCUT2D eigenvalue weighted by atomic mass is 32.2. The van der Waals surface area contributed by atoms with Crippen LogP contribution >= 0.6 is 0 Å². The predicted octanol–water partition coefficient (Wildman–Crippen LogP) is 2.93. The number of benzene rings is 2. The molecule has 186 valence electrons. The molecule has 1 unspecified atom stereocenters. The Morgan fingerprint density at radius 1 is 1.09 bits per heavy atom. The van der Waals surface area contributed by atoms with Crippen molar-refractivity contribution in [1.82, 2.24) is 14.1 Å². The normalized spacial score (nSPS) is 14.4. The fourth-order valence-electron chi connectivity index (χ4n) is 4.27. The lowest BCUT2D eigenvalue weighted by molar-refractivity contribution is -0.137. The molecule has 3 rings (SSSR count). The van der Waals surface area contributed by atoms with Crippen molar-refractivity contribution in [3.63, 3.8) is 0 Å². The molecule has 0 saturated carbocycles. The van der Waals surface area contributed by atoms with Crippen LogP contribution in [0.4, 0.5) is 0 Å². The molecule has 0 spiro atoms. The van der Waals surface area contributed by atoms with Gasteiger partial charge in [-0.2, -0.15) is 0 Å². The first-order valence-corrected chi connectivity index (χ1v) is 12.7. The Labute approximate surface area is 206 Å². The number of fused-ring (bicyclic) bond motifs is 1.